The number of rotatable bonds is 0. The quantitative estimate of drug-likeness (QED) is 0.166. The number of quaternary nitrogens is 2. The average molecular weight is 327 g/mol. The van der Waals surface area contributed by atoms with Crippen LogP contribution < -0.4 is 85.9 Å². The first-order valence-electron chi connectivity index (χ1n) is 1.41. The molecular weight excluding hydrogens is 318 g/mol. The zero-order chi connectivity index (χ0) is 9.00. The molecule has 0 saturated heterocycles. The molecule has 0 radical (unpaired) electrons. The van der Waals surface area contributed by atoms with E-state index in [9.17, 15) is 0 Å². The first kappa shape index (κ1) is 43.2. The molecule has 0 amide bonds. The van der Waals surface area contributed by atoms with E-state index >= 15 is 0 Å². The summed E-state index contributed by atoms with van der Waals surface area (Å²) < 4.78 is 42.7. The molecule has 15 heteroatoms. The maximum Gasteiger partial charge on any atom is 2.00 e. The van der Waals surface area contributed by atoms with Crippen LogP contribution in [-0.4, -0.2) is 45.5 Å². The van der Waals surface area contributed by atoms with Gasteiger partial charge >= 0.3 is 74.4 Å². The van der Waals surface area contributed by atoms with Crippen molar-refractivity contribution < 1.29 is 101 Å². The smallest absolute Gasteiger partial charge is 1.00 e. The van der Waals surface area contributed by atoms with Gasteiger partial charge in [-0.3, -0.25) is 8.42 Å². The van der Waals surface area contributed by atoms with E-state index in [1.54, 1.807) is 0 Å². The van der Waals surface area contributed by atoms with Gasteiger partial charge in [0.05, 0.1) is 7.82 Å². The number of hydrogen-bond acceptors (Lipinski definition) is 7. The Bertz CT molecular complexity index is 211. The Morgan fingerprint density at radius 3 is 1.07 bits per heavy atom. The third-order valence-electron chi connectivity index (χ3n) is 0. The SMILES string of the molecule is O=P([O-])([O-])O.O=S(=O)([O-])[O-].[Cl-].[K+].[Mg+2].[NH4+].[NH4+]. The Morgan fingerprint density at radius 2 is 1.07 bits per heavy atom. The van der Waals surface area contributed by atoms with E-state index < -0.39 is 18.2 Å². The van der Waals surface area contributed by atoms with Crippen LogP contribution in [0.5, 0.6) is 0 Å². The number of phosphoric acid groups is 1. The average Bonchev–Trinajstić information content (AvgIpc) is 1.12. The molecule has 0 aromatic heterocycles. The molecular formula is H9ClKMgN2O8PS. The van der Waals surface area contributed by atoms with Gasteiger partial charge in [0.2, 0.25) is 0 Å². The van der Waals surface area contributed by atoms with Crippen LogP contribution in [0.3, 0.4) is 0 Å². The molecule has 9 N–H and O–H groups in total. The summed E-state index contributed by atoms with van der Waals surface area (Å²) in [6, 6.07) is 0. The second-order valence-electron chi connectivity index (χ2n) is 0.877. The first-order valence-corrected chi connectivity index (χ1v) is 4.24. The molecule has 0 aromatic carbocycles. The fraction of sp³-hybridized carbons (Fsp3) is 0. The third kappa shape index (κ3) is 526. The summed E-state index contributed by atoms with van der Waals surface area (Å²) in [6.07, 6.45) is 0. The molecule has 0 aliphatic heterocycles. The van der Waals surface area contributed by atoms with Gasteiger partial charge in [-0.25, -0.2) is 0 Å². The Labute approximate surface area is 152 Å². The van der Waals surface area contributed by atoms with Crippen LogP contribution in [0.15, 0.2) is 0 Å². The van der Waals surface area contributed by atoms with E-state index in [2.05, 4.69) is 0 Å². The van der Waals surface area contributed by atoms with Crippen molar-refractivity contribution in [1.29, 1.82) is 0 Å². The minimum Gasteiger partial charge on any atom is -1.00 e. The van der Waals surface area contributed by atoms with Crippen molar-refractivity contribution in [3.8, 4) is 0 Å². The van der Waals surface area contributed by atoms with Crippen molar-refractivity contribution in [2.24, 2.45) is 0 Å². The van der Waals surface area contributed by atoms with Gasteiger partial charge in [0, 0.05) is 10.4 Å². The molecule has 0 saturated carbocycles. The maximum absolute atomic E-state index is 8.66. The monoisotopic (exact) mass is 326 g/mol. The Balaban J connectivity index is -0.0000000128. The zero-order valence-corrected chi connectivity index (χ0v) is 15.2. The van der Waals surface area contributed by atoms with E-state index in [0.717, 1.165) is 0 Å². The molecule has 10 nitrogen and oxygen atoms in total. The molecule has 0 fully saturated rings. The normalized spacial score (nSPS) is 7.80. The van der Waals surface area contributed by atoms with Crippen molar-refractivity contribution in [3.63, 3.8) is 0 Å². The Hall–Kier alpha value is 2.59. The van der Waals surface area contributed by atoms with Crippen molar-refractivity contribution in [2.45, 2.75) is 0 Å². The topological polar surface area (TPSA) is 237 Å². The molecule has 0 aliphatic carbocycles. The van der Waals surface area contributed by atoms with Crippen molar-refractivity contribution in [2.75, 3.05) is 0 Å². The second kappa shape index (κ2) is 18.9. The molecule has 0 rings (SSSR count). The molecule has 88 valence electrons. The van der Waals surface area contributed by atoms with Gasteiger partial charge in [-0.1, -0.05) is 0 Å². The summed E-state index contributed by atoms with van der Waals surface area (Å²) >= 11 is 0. The first-order chi connectivity index (χ1) is 4.00. The largest absolute Gasteiger partial charge is 2.00 e. The summed E-state index contributed by atoms with van der Waals surface area (Å²) in [4.78, 5) is 24.3. The Kier molecular flexibility index (Phi) is 54.5. The molecule has 0 spiro atoms. The summed E-state index contributed by atoms with van der Waals surface area (Å²) in [5.74, 6) is 0. The van der Waals surface area contributed by atoms with Gasteiger partial charge < -0.3 is 53.1 Å². The van der Waals surface area contributed by atoms with Crippen molar-refractivity contribution in [1.82, 2.24) is 12.3 Å². The molecule has 0 bridgehead atoms. The minimum atomic E-state index is -5.17. The maximum atomic E-state index is 8.66. The van der Waals surface area contributed by atoms with E-state index in [1.165, 1.54) is 0 Å². The zero-order valence-electron chi connectivity index (χ0n) is 8.25. The summed E-state index contributed by atoms with van der Waals surface area (Å²) in [5.41, 5.74) is 0. The predicted molar refractivity (Wildman–Crippen MR) is 38.0 cm³/mol. The van der Waals surface area contributed by atoms with Gasteiger partial charge in [0.15, 0.2) is 0 Å². The van der Waals surface area contributed by atoms with Gasteiger partial charge in [-0.05, 0) is 0 Å². The fourth-order valence-corrected chi connectivity index (χ4v) is 0. The van der Waals surface area contributed by atoms with E-state index in [-0.39, 0.29) is 99.1 Å². The van der Waals surface area contributed by atoms with E-state index in [0.29, 0.717) is 0 Å². The van der Waals surface area contributed by atoms with Gasteiger partial charge in [0.1, 0.15) is 0 Å². The minimum absolute atomic E-state index is 0. The van der Waals surface area contributed by atoms with Crippen LogP contribution in [0.2, 0.25) is 0 Å². The van der Waals surface area contributed by atoms with E-state index in [1.807, 2.05) is 0 Å². The summed E-state index contributed by atoms with van der Waals surface area (Å²) in [6.45, 7) is 0. The number of halogens is 1. The molecule has 0 unspecified atom stereocenters. The van der Waals surface area contributed by atoms with Crippen molar-refractivity contribution >= 4 is 41.3 Å². The van der Waals surface area contributed by atoms with Crippen LogP contribution in [-0.2, 0) is 15.0 Å². The summed E-state index contributed by atoms with van der Waals surface area (Å²) in [5, 5.41) is 0. The number of hydrogen-bond donors (Lipinski definition) is 3. The molecule has 0 aromatic rings. The second-order valence-corrected chi connectivity index (χ2v) is 2.63. The van der Waals surface area contributed by atoms with Gasteiger partial charge in [0.25, 0.3) is 0 Å². The molecule has 0 heterocycles. The third-order valence-corrected chi connectivity index (χ3v) is 0. The fourth-order valence-electron chi connectivity index (χ4n) is 0. The van der Waals surface area contributed by atoms with Crippen LogP contribution in [0.1, 0.15) is 0 Å². The predicted octanol–water partition coefficient (Wildman–Crippen LogP) is -9.15. The van der Waals surface area contributed by atoms with Crippen LogP contribution >= 0.6 is 7.82 Å². The van der Waals surface area contributed by atoms with Gasteiger partial charge in [-0.2, -0.15) is 0 Å². The van der Waals surface area contributed by atoms with Crippen LogP contribution in [0.4, 0.5) is 0 Å². The Morgan fingerprint density at radius 1 is 1.07 bits per heavy atom. The summed E-state index contributed by atoms with van der Waals surface area (Å²) in [7, 11) is -10.3. The van der Waals surface area contributed by atoms with Crippen LogP contribution in [0.25, 0.3) is 0 Å². The molecule has 15 heavy (non-hydrogen) atoms. The molecule has 0 aliphatic rings. The standard InChI is InChI=1S/ClH.K.Mg.2H3N.H3O4P.H2O4S/c;;;;;2*1-5(2,3)4/h1H;;;2*1H3;(H3,1,2,3,4);(H2,1,2,3,4)/q;+1;+2;;;;/p-3. The van der Waals surface area contributed by atoms with Gasteiger partial charge in [-0.15, -0.1) is 0 Å². The van der Waals surface area contributed by atoms with Crippen LogP contribution in [0, 0.1) is 0 Å². The van der Waals surface area contributed by atoms with Crippen molar-refractivity contribution in [3.05, 3.63) is 0 Å². The molecule has 0 atom stereocenters. The van der Waals surface area contributed by atoms with E-state index in [4.69, 9.17) is 36.8 Å².